The minimum absolute atomic E-state index is 0.109. The van der Waals surface area contributed by atoms with Crippen LogP contribution in [0.1, 0.15) is 31.4 Å². The van der Waals surface area contributed by atoms with E-state index < -0.39 is 22.0 Å². The van der Waals surface area contributed by atoms with Crippen LogP contribution >= 0.6 is 0 Å². The van der Waals surface area contributed by atoms with Gasteiger partial charge in [-0.2, -0.15) is 4.72 Å². The zero-order valence-corrected chi connectivity index (χ0v) is 21.1. The summed E-state index contributed by atoms with van der Waals surface area (Å²) in [7, 11) is -2.16. The average molecular weight is 498 g/mol. The second-order valence-corrected chi connectivity index (χ2v) is 9.52. The van der Waals surface area contributed by atoms with Crippen molar-refractivity contribution in [2.45, 2.75) is 44.6 Å². The summed E-state index contributed by atoms with van der Waals surface area (Å²) in [6.07, 6.45) is 4.22. The minimum Gasteiger partial charge on any atom is -0.495 e. The number of amides is 1. The molecule has 0 aliphatic heterocycles. The molecule has 0 bridgehead atoms. The molecule has 9 heteroatoms. The lowest BCUT2D eigenvalue weighted by atomic mass is 10.1. The van der Waals surface area contributed by atoms with E-state index in [1.54, 1.807) is 55.9 Å². The van der Waals surface area contributed by atoms with Gasteiger partial charge in [0.15, 0.2) is 0 Å². The maximum absolute atomic E-state index is 12.4. The number of aromatic nitrogens is 1. The number of benzene rings is 2. The van der Waals surface area contributed by atoms with Crippen molar-refractivity contribution in [2.24, 2.45) is 0 Å². The predicted octanol–water partition coefficient (Wildman–Crippen LogP) is 3.91. The van der Waals surface area contributed by atoms with Crippen molar-refractivity contribution >= 4 is 27.4 Å². The normalized spacial score (nSPS) is 11.5. The Labute approximate surface area is 206 Å². The number of rotatable bonds is 9. The topological polar surface area (TPSA) is 114 Å². The van der Waals surface area contributed by atoms with Crippen molar-refractivity contribution in [2.75, 3.05) is 12.4 Å². The summed E-state index contributed by atoms with van der Waals surface area (Å²) < 4.78 is 32.0. The number of methoxy groups -OCH3 is 1. The number of hydrogen-bond donors (Lipinski definition) is 2. The molecule has 1 aromatic heterocycles. The molecule has 0 saturated carbocycles. The van der Waals surface area contributed by atoms with Crippen molar-refractivity contribution in [1.82, 2.24) is 9.71 Å². The van der Waals surface area contributed by atoms with E-state index in [1.165, 1.54) is 19.1 Å². The van der Waals surface area contributed by atoms with E-state index >= 15 is 0 Å². The third kappa shape index (κ3) is 9.30. The van der Waals surface area contributed by atoms with E-state index in [2.05, 4.69) is 15.0 Å². The maximum Gasteiger partial charge on any atom is 0.242 e. The van der Waals surface area contributed by atoms with Gasteiger partial charge in [0.05, 0.1) is 24.2 Å². The average Bonchev–Trinajstić information content (AvgIpc) is 2.86. The van der Waals surface area contributed by atoms with E-state index in [0.29, 0.717) is 18.5 Å². The summed E-state index contributed by atoms with van der Waals surface area (Å²) in [6.45, 7) is 5.16. The monoisotopic (exact) mass is 497 g/mol. The van der Waals surface area contributed by atoms with Crippen molar-refractivity contribution < 1.29 is 22.7 Å². The molecule has 1 amide bonds. The molecule has 0 aliphatic rings. The zero-order chi connectivity index (χ0) is 25.8. The van der Waals surface area contributed by atoms with Crippen molar-refractivity contribution in [3.05, 3.63) is 84.2 Å². The fourth-order valence-electron chi connectivity index (χ4n) is 2.85. The predicted molar refractivity (Wildman–Crippen MR) is 136 cm³/mol. The summed E-state index contributed by atoms with van der Waals surface area (Å²) in [4.78, 5) is 27.7. The summed E-state index contributed by atoms with van der Waals surface area (Å²) >= 11 is 0. The first-order valence-corrected chi connectivity index (χ1v) is 12.6. The molecule has 8 nitrogen and oxygen atoms in total. The Hall–Kier alpha value is -3.56. The second kappa shape index (κ2) is 13.4. The van der Waals surface area contributed by atoms with Crippen LogP contribution in [0.2, 0.25) is 0 Å². The third-order valence-corrected chi connectivity index (χ3v) is 6.50. The van der Waals surface area contributed by atoms with Gasteiger partial charge in [0.2, 0.25) is 15.9 Å². The van der Waals surface area contributed by atoms with Crippen LogP contribution in [0.25, 0.3) is 0 Å². The number of pyridine rings is 1. The number of hydrogen-bond acceptors (Lipinski definition) is 6. The van der Waals surface area contributed by atoms with E-state index in [1.807, 2.05) is 26.0 Å². The summed E-state index contributed by atoms with van der Waals surface area (Å²) in [5, 5.41) is 2.67. The summed E-state index contributed by atoms with van der Waals surface area (Å²) in [5.74, 6) is 0.474. The first-order chi connectivity index (χ1) is 16.6. The minimum atomic E-state index is -3.79. The highest BCUT2D eigenvalue weighted by atomic mass is 32.2. The lowest BCUT2D eigenvalue weighted by Crippen LogP contribution is -2.41. The number of ether oxygens (including phenoxy) is 1. The van der Waals surface area contributed by atoms with E-state index in [9.17, 15) is 18.0 Å². The van der Waals surface area contributed by atoms with Crippen molar-refractivity contribution in [3.63, 3.8) is 0 Å². The lowest BCUT2D eigenvalue weighted by molar-refractivity contribution is -0.118. The molecular weight excluding hydrogens is 466 g/mol. The Morgan fingerprint density at radius 1 is 1.03 bits per heavy atom. The summed E-state index contributed by atoms with van der Waals surface area (Å²) in [5.41, 5.74) is 2.35. The number of carbonyl (C=O) groups is 2. The molecule has 3 rings (SSSR count). The second-order valence-electron chi connectivity index (χ2n) is 7.80. The number of anilines is 1. The molecule has 1 unspecified atom stereocenters. The molecule has 1 heterocycles. The molecule has 0 spiro atoms. The number of nitrogens with one attached hydrogen (secondary N) is 2. The number of sulfonamides is 1. The SMILES string of the molecule is CCC(=O)Cc1ccc(NC(=O)C(C)NS(=O)(=O)c2ccc(C)cc2)cc1.COc1cccnc1. The molecule has 186 valence electrons. The third-order valence-electron chi connectivity index (χ3n) is 4.94. The van der Waals surface area contributed by atoms with Crippen LogP contribution < -0.4 is 14.8 Å². The first kappa shape index (κ1) is 27.7. The first-order valence-electron chi connectivity index (χ1n) is 11.1. The molecule has 35 heavy (non-hydrogen) atoms. The molecule has 0 fully saturated rings. The van der Waals surface area contributed by atoms with Crippen LogP contribution in [-0.2, 0) is 26.0 Å². The smallest absolute Gasteiger partial charge is 0.242 e. The Morgan fingerprint density at radius 2 is 1.69 bits per heavy atom. The molecule has 0 saturated heterocycles. The van der Waals surface area contributed by atoms with Gasteiger partial charge in [-0.05, 0) is 55.8 Å². The van der Waals surface area contributed by atoms with Crippen LogP contribution in [0.15, 0.2) is 78.0 Å². The number of aryl methyl sites for hydroxylation is 1. The standard InChI is InChI=1S/C20H24N2O4S.C6H7NO/c1-4-18(23)13-16-7-9-17(10-8-16)21-20(24)15(3)22-27(25,26)19-11-5-14(2)6-12-19;1-8-6-3-2-4-7-5-6/h5-12,15,22H,4,13H2,1-3H3,(H,21,24);2-5H,1H3. The quantitative estimate of drug-likeness (QED) is 0.463. The largest absolute Gasteiger partial charge is 0.495 e. The molecule has 0 aliphatic carbocycles. The fraction of sp³-hybridized carbons (Fsp3) is 0.269. The Kier molecular flexibility index (Phi) is 10.6. The van der Waals surface area contributed by atoms with Gasteiger partial charge in [0.25, 0.3) is 0 Å². The van der Waals surface area contributed by atoms with Crippen LogP contribution in [0.4, 0.5) is 5.69 Å². The Balaban J connectivity index is 0.000000456. The Morgan fingerprint density at radius 3 is 2.20 bits per heavy atom. The number of ketones is 1. The zero-order valence-electron chi connectivity index (χ0n) is 20.3. The van der Waals surface area contributed by atoms with Gasteiger partial charge in [-0.3, -0.25) is 14.6 Å². The van der Waals surface area contributed by atoms with E-state index in [4.69, 9.17) is 4.74 Å². The molecule has 3 aromatic rings. The lowest BCUT2D eigenvalue weighted by Gasteiger charge is -2.15. The van der Waals surface area contributed by atoms with Gasteiger partial charge < -0.3 is 10.1 Å². The van der Waals surface area contributed by atoms with E-state index in [0.717, 1.165) is 16.9 Å². The van der Waals surface area contributed by atoms with Gasteiger partial charge in [-0.25, -0.2) is 8.42 Å². The molecule has 2 aromatic carbocycles. The number of Topliss-reactive ketones (excluding diaryl/α,β-unsaturated/α-hetero) is 1. The summed E-state index contributed by atoms with van der Waals surface area (Å²) in [6, 6.07) is 16.1. The van der Waals surface area contributed by atoms with Gasteiger partial charge in [-0.15, -0.1) is 0 Å². The molecule has 2 N–H and O–H groups in total. The van der Waals surface area contributed by atoms with Gasteiger partial charge in [0.1, 0.15) is 11.5 Å². The van der Waals surface area contributed by atoms with Crippen LogP contribution in [0.5, 0.6) is 5.75 Å². The van der Waals surface area contributed by atoms with Gasteiger partial charge >= 0.3 is 0 Å². The highest BCUT2D eigenvalue weighted by Gasteiger charge is 2.22. The van der Waals surface area contributed by atoms with E-state index in [-0.39, 0.29) is 10.7 Å². The maximum atomic E-state index is 12.4. The number of nitrogens with zero attached hydrogens (tertiary/aromatic N) is 1. The van der Waals surface area contributed by atoms with Crippen molar-refractivity contribution in [1.29, 1.82) is 0 Å². The van der Waals surface area contributed by atoms with Crippen LogP contribution in [-0.4, -0.2) is 38.2 Å². The molecule has 0 radical (unpaired) electrons. The molecule has 1 atom stereocenters. The van der Waals surface area contributed by atoms with Crippen LogP contribution in [0, 0.1) is 6.92 Å². The van der Waals surface area contributed by atoms with Gasteiger partial charge in [0, 0.05) is 24.7 Å². The Bertz CT molecular complexity index is 1200. The molecular formula is C26H31N3O5S. The van der Waals surface area contributed by atoms with Crippen molar-refractivity contribution in [3.8, 4) is 5.75 Å². The number of carbonyl (C=O) groups excluding carboxylic acids is 2. The highest BCUT2D eigenvalue weighted by molar-refractivity contribution is 7.89. The van der Waals surface area contributed by atoms with Gasteiger partial charge in [-0.1, -0.05) is 36.8 Å². The fourth-order valence-corrected chi connectivity index (χ4v) is 4.05. The van der Waals surface area contributed by atoms with Crippen LogP contribution in [0.3, 0.4) is 0 Å². The highest BCUT2D eigenvalue weighted by Crippen LogP contribution is 2.13.